The minimum absolute atomic E-state index is 0.146. The van der Waals surface area contributed by atoms with Crippen molar-refractivity contribution < 1.29 is 46.0 Å². The Morgan fingerprint density at radius 1 is 0.619 bits per heavy atom. The summed E-state index contributed by atoms with van der Waals surface area (Å²) in [5, 5.41) is 78.2. The third kappa shape index (κ3) is 7.09. The van der Waals surface area contributed by atoms with Crippen molar-refractivity contribution in [1.29, 1.82) is 0 Å². The van der Waals surface area contributed by atoms with Crippen LogP contribution in [0, 0.1) is 0 Å². The molecule has 0 bridgehead atoms. The molecule has 1 rings (SSSR count). The van der Waals surface area contributed by atoms with Crippen molar-refractivity contribution in [3.8, 4) is 17.2 Å². The number of phenolic OH excluding ortho intramolecular Hbond substituents is 3. The van der Waals surface area contributed by atoms with Crippen molar-refractivity contribution in [3.63, 3.8) is 0 Å². The molecule has 21 heavy (non-hydrogen) atoms. The SMILES string of the molecule is OCC(O)C(O)C(O)C(O)CO.Oc1cc(O)cc(O)c1. The van der Waals surface area contributed by atoms with Gasteiger partial charge in [0.1, 0.15) is 41.7 Å². The molecular weight excluding hydrogens is 288 g/mol. The normalized spacial score (nSPS) is 16.3. The monoisotopic (exact) mass is 308 g/mol. The predicted octanol–water partition coefficient (Wildman–Crippen LogP) is -2.78. The molecule has 0 spiro atoms. The fraction of sp³-hybridized carbons (Fsp3) is 0.500. The molecule has 4 atom stereocenters. The van der Waals surface area contributed by atoms with Crippen LogP contribution in [-0.2, 0) is 0 Å². The molecule has 0 saturated heterocycles. The second-order valence-corrected chi connectivity index (χ2v) is 4.19. The first kappa shape index (κ1) is 19.4. The summed E-state index contributed by atoms with van der Waals surface area (Å²) in [4.78, 5) is 0. The first-order chi connectivity index (χ1) is 9.72. The van der Waals surface area contributed by atoms with Crippen LogP contribution in [0.1, 0.15) is 0 Å². The van der Waals surface area contributed by atoms with Gasteiger partial charge in [-0.25, -0.2) is 0 Å². The van der Waals surface area contributed by atoms with Gasteiger partial charge < -0.3 is 46.0 Å². The zero-order chi connectivity index (χ0) is 16.6. The van der Waals surface area contributed by atoms with Crippen LogP contribution in [0.2, 0.25) is 0 Å². The Hall–Kier alpha value is -1.62. The summed E-state index contributed by atoms with van der Waals surface area (Å²) in [6.07, 6.45) is -6.39. The lowest BCUT2D eigenvalue weighted by Gasteiger charge is -2.24. The number of phenols is 3. The highest BCUT2D eigenvalue weighted by Crippen LogP contribution is 2.23. The zero-order valence-electron chi connectivity index (χ0n) is 11.0. The Bertz CT molecular complexity index is 347. The molecular formula is C12H20O9. The van der Waals surface area contributed by atoms with Gasteiger partial charge in [0.2, 0.25) is 0 Å². The van der Waals surface area contributed by atoms with Gasteiger partial charge in [-0.2, -0.15) is 0 Å². The maximum absolute atomic E-state index is 8.96. The topological polar surface area (TPSA) is 182 Å². The smallest absolute Gasteiger partial charge is 0.122 e. The summed E-state index contributed by atoms with van der Waals surface area (Å²) in [5.41, 5.74) is 0. The van der Waals surface area contributed by atoms with Crippen molar-refractivity contribution in [2.24, 2.45) is 0 Å². The van der Waals surface area contributed by atoms with Crippen LogP contribution in [0.4, 0.5) is 0 Å². The lowest BCUT2D eigenvalue weighted by atomic mass is 10.0. The molecule has 0 aliphatic heterocycles. The maximum Gasteiger partial charge on any atom is 0.122 e. The van der Waals surface area contributed by atoms with Crippen LogP contribution >= 0.6 is 0 Å². The summed E-state index contributed by atoms with van der Waals surface area (Å²) in [7, 11) is 0. The fourth-order valence-corrected chi connectivity index (χ4v) is 1.25. The van der Waals surface area contributed by atoms with Crippen LogP contribution in [0.3, 0.4) is 0 Å². The van der Waals surface area contributed by atoms with Crippen LogP contribution in [-0.4, -0.2) is 83.6 Å². The lowest BCUT2D eigenvalue weighted by molar-refractivity contribution is -0.123. The van der Waals surface area contributed by atoms with Crippen LogP contribution < -0.4 is 0 Å². The van der Waals surface area contributed by atoms with E-state index in [2.05, 4.69) is 0 Å². The van der Waals surface area contributed by atoms with Gasteiger partial charge in [0.25, 0.3) is 0 Å². The van der Waals surface area contributed by atoms with Crippen LogP contribution in [0.5, 0.6) is 17.2 Å². The van der Waals surface area contributed by atoms with Crippen molar-refractivity contribution in [1.82, 2.24) is 0 Å². The summed E-state index contributed by atoms with van der Waals surface area (Å²) in [6, 6.07) is 3.42. The minimum Gasteiger partial charge on any atom is -0.508 e. The standard InChI is InChI=1S/C6H14O6.C6H6O3/c7-1-3(9)5(11)6(12)4(10)2-8;7-4-1-5(8)3-6(9)2-4/h3-12H,1-2H2;1-3,7-9H. The van der Waals surface area contributed by atoms with Gasteiger partial charge in [-0.1, -0.05) is 0 Å². The highest BCUT2D eigenvalue weighted by Gasteiger charge is 2.29. The summed E-state index contributed by atoms with van der Waals surface area (Å²) in [5.74, 6) is -0.437. The number of benzene rings is 1. The largest absolute Gasteiger partial charge is 0.508 e. The Balaban J connectivity index is 0.000000394. The number of aromatic hydroxyl groups is 3. The average molecular weight is 308 g/mol. The molecule has 0 saturated carbocycles. The van der Waals surface area contributed by atoms with Gasteiger partial charge in [-0.15, -0.1) is 0 Å². The quantitative estimate of drug-likeness (QED) is 0.278. The molecule has 1 aromatic rings. The van der Waals surface area contributed by atoms with Gasteiger partial charge in [-0.05, 0) is 0 Å². The summed E-state index contributed by atoms with van der Waals surface area (Å²) < 4.78 is 0. The van der Waals surface area contributed by atoms with Crippen LogP contribution in [0.15, 0.2) is 18.2 Å². The molecule has 122 valence electrons. The van der Waals surface area contributed by atoms with Crippen LogP contribution in [0.25, 0.3) is 0 Å². The number of hydrogen-bond donors (Lipinski definition) is 9. The van der Waals surface area contributed by atoms with Gasteiger partial charge >= 0.3 is 0 Å². The second kappa shape index (κ2) is 9.34. The molecule has 0 heterocycles. The number of aliphatic hydroxyl groups is 6. The predicted molar refractivity (Wildman–Crippen MR) is 69.6 cm³/mol. The van der Waals surface area contributed by atoms with Gasteiger partial charge in [-0.3, -0.25) is 0 Å². The molecule has 0 radical (unpaired) electrons. The van der Waals surface area contributed by atoms with Gasteiger partial charge in [0, 0.05) is 18.2 Å². The zero-order valence-corrected chi connectivity index (χ0v) is 11.0. The van der Waals surface area contributed by atoms with Crippen molar-refractivity contribution in [3.05, 3.63) is 18.2 Å². The third-order valence-electron chi connectivity index (χ3n) is 2.40. The Morgan fingerprint density at radius 2 is 0.857 bits per heavy atom. The average Bonchev–Trinajstić information content (AvgIpc) is 2.43. The van der Waals surface area contributed by atoms with Gasteiger partial charge in [0.05, 0.1) is 13.2 Å². The number of hydrogen-bond acceptors (Lipinski definition) is 9. The Labute approximate surface area is 120 Å². The third-order valence-corrected chi connectivity index (χ3v) is 2.40. The molecule has 0 amide bonds. The molecule has 4 unspecified atom stereocenters. The first-order valence-corrected chi connectivity index (χ1v) is 5.88. The molecule has 0 fully saturated rings. The highest BCUT2D eigenvalue weighted by atomic mass is 16.4. The van der Waals surface area contributed by atoms with E-state index in [0.717, 1.165) is 18.2 Å². The van der Waals surface area contributed by atoms with Crippen molar-refractivity contribution in [2.75, 3.05) is 13.2 Å². The van der Waals surface area contributed by atoms with Crippen molar-refractivity contribution in [2.45, 2.75) is 24.4 Å². The molecule has 9 nitrogen and oxygen atoms in total. The summed E-state index contributed by atoms with van der Waals surface area (Å²) >= 11 is 0. The van der Waals surface area contributed by atoms with E-state index in [1.807, 2.05) is 0 Å². The molecule has 0 aliphatic carbocycles. The number of aliphatic hydroxyl groups excluding tert-OH is 6. The summed E-state index contributed by atoms with van der Waals surface area (Å²) in [6.45, 7) is -1.45. The fourth-order valence-electron chi connectivity index (χ4n) is 1.25. The second-order valence-electron chi connectivity index (χ2n) is 4.19. The first-order valence-electron chi connectivity index (χ1n) is 5.88. The Kier molecular flexibility index (Phi) is 8.62. The van der Waals surface area contributed by atoms with Gasteiger partial charge in [0.15, 0.2) is 0 Å². The van der Waals surface area contributed by atoms with E-state index in [4.69, 9.17) is 46.0 Å². The van der Waals surface area contributed by atoms with E-state index >= 15 is 0 Å². The minimum atomic E-state index is -1.67. The lowest BCUT2D eigenvalue weighted by Crippen LogP contribution is -2.46. The molecule has 9 N–H and O–H groups in total. The van der Waals surface area contributed by atoms with E-state index < -0.39 is 37.6 Å². The van der Waals surface area contributed by atoms with E-state index in [0.29, 0.717) is 0 Å². The number of rotatable bonds is 5. The molecule has 9 heteroatoms. The van der Waals surface area contributed by atoms with E-state index in [1.165, 1.54) is 0 Å². The highest BCUT2D eigenvalue weighted by molar-refractivity contribution is 5.39. The van der Waals surface area contributed by atoms with Crippen molar-refractivity contribution >= 4 is 0 Å². The molecule has 0 aliphatic rings. The maximum atomic E-state index is 8.96. The Morgan fingerprint density at radius 3 is 1.05 bits per heavy atom. The molecule has 1 aromatic carbocycles. The van der Waals surface area contributed by atoms with E-state index in [1.54, 1.807) is 0 Å². The van der Waals surface area contributed by atoms with E-state index in [-0.39, 0.29) is 17.2 Å². The van der Waals surface area contributed by atoms with E-state index in [9.17, 15) is 0 Å². The molecule has 0 aromatic heterocycles.